The smallest absolute Gasteiger partial charge is 0.339 e. The highest BCUT2D eigenvalue weighted by Crippen LogP contribution is 2.74. The number of hydrazone groups is 1. The molecule has 0 saturated heterocycles. The summed E-state index contributed by atoms with van der Waals surface area (Å²) in [6.45, 7) is 8.09. The molecule has 1 aliphatic carbocycles. The maximum Gasteiger partial charge on any atom is 0.339 e. The van der Waals surface area contributed by atoms with Crippen LogP contribution in [0.1, 0.15) is 36.1 Å². The standard InChI is InChI=1S/C30H28N4O4/c1-17-7-11-19(12-8-17)24-23-25(28(23,3)4)30(20-13-9-18(2)10-14-20)22(27(36)38-6)21(26(35)37-5)29(15-31,16-32)34(30)33-24/h7-14,23,25H,1-6H3/t23-,25+,30+/m1/s1. The van der Waals surface area contributed by atoms with E-state index < -0.39 is 28.4 Å². The molecule has 0 radical (unpaired) electrons. The molecule has 1 saturated carbocycles. The van der Waals surface area contributed by atoms with Crippen molar-refractivity contribution in [2.45, 2.75) is 38.8 Å². The molecule has 2 aliphatic heterocycles. The Morgan fingerprint density at radius 3 is 1.87 bits per heavy atom. The van der Waals surface area contributed by atoms with E-state index in [0.29, 0.717) is 11.3 Å². The fourth-order valence-corrected chi connectivity index (χ4v) is 6.55. The van der Waals surface area contributed by atoms with Crippen LogP contribution in [-0.4, -0.2) is 42.4 Å². The average Bonchev–Trinajstić information content (AvgIpc) is 3.40. The summed E-state index contributed by atoms with van der Waals surface area (Å²) in [7, 11) is 2.37. The Morgan fingerprint density at radius 2 is 1.37 bits per heavy atom. The third-order valence-corrected chi connectivity index (χ3v) is 8.37. The van der Waals surface area contributed by atoms with Gasteiger partial charge in [0.1, 0.15) is 23.3 Å². The summed E-state index contributed by atoms with van der Waals surface area (Å²) in [4.78, 5) is 27.0. The van der Waals surface area contributed by atoms with Gasteiger partial charge in [-0.05, 0) is 30.4 Å². The SMILES string of the molecule is COC(=O)C1=C(C(=O)OC)[C@@]2(c3ccc(C)cc3)[C@H]3[C@@H](C(c4ccc(C)cc4)=NN2C1(C#N)C#N)C3(C)C. The van der Waals surface area contributed by atoms with Crippen LogP contribution in [0.25, 0.3) is 0 Å². The Labute approximate surface area is 221 Å². The molecular weight excluding hydrogens is 480 g/mol. The van der Waals surface area contributed by atoms with E-state index in [4.69, 9.17) is 14.6 Å². The zero-order valence-electron chi connectivity index (χ0n) is 22.2. The van der Waals surface area contributed by atoms with E-state index in [-0.39, 0.29) is 23.0 Å². The van der Waals surface area contributed by atoms with Gasteiger partial charge in [0, 0.05) is 11.8 Å². The third kappa shape index (κ3) is 2.98. The molecule has 0 N–H and O–H groups in total. The first-order valence-electron chi connectivity index (χ1n) is 12.3. The van der Waals surface area contributed by atoms with Crippen LogP contribution in [-0.2, 0) is 24.6 Å². The van der Waals surface area contributed by atoms with Gasteiger partial charge in [-0.3, -0.25) is 0 Å². The van der Waals surface area contributed by atoms with E-state index in [1.165, 1.54) is 12.1 Å². The lowest BCUT2D eigenvalue weighted by Gasteiger charge is -2.45. The van der Waals surface area contributed by atoms with Crippen molar-refractivity contribution in [3.8, 4) is 12.1 Å². The topological polar surface area (TPSA) is 116 Å². The van der Waals surface area contributed by atoms with Crippen molar-refractivity contribution in [1.29, 1.82) is 10.5 Å². The number of carbonyl (C=O) groups is 2. The zero-order chi connectivity index (χ0) is 27.6. The fourth-order valence-electron chi connectivity index (χ4n) is 6.55. The van der Waals surface area contributed by atoms with Crippen LogP contribution in [0.4, 0.5) is 0 Å². The molecule has 0 unspecified atom stereocenters. The molecule has 2 aromatic carbocycles. The molecule has 8 nitrogen and oxygen atoms in total. The number of carbonyl (C=O) groups excluding carboxylic acids is 2. The first kappa shape index (κ1) is 25.2. The predicted molar refractivity (Wildman–Crippen MR) is 138 cm³/mol. The molecular formula is C30H28N4O4. The zero-order valence-corrected chi connectivity index (χ0v) is 22.2. The number of ether oxygens (including phenoxy) is 2. The Bertz CT molecular complexity index is 1490. The minimum Gasteiger partial charge on any atom is -0.466 e. The quantitative estimate of drug-likeness (QED) is 0.575. The van der Waals surface area contributed by atoms with Crippen LogP contribution in [0.2, 0.25) is 0 Å². The van der Waals surface area contributed by atoms with Crippen LogP contribution in [0.3, 0.4) is 0 Å². The van der Waals surface area contributed by atoms with Crippen molar-refractivity contribution in [3.05, 3.63) is 81.9 Å². The maximum atomic E-state index is 13.6. The summed E-state index contributed by atoms with van der Waals surface area (Å²) in [6.07, 6.45) is 0. The molecule has 0 spiro atoms. The molecule has 0 bridgehead atoms. The van der Waals surface area contributed by atoms with Gasteiger partial charge in [0.25, 0.3) is 5.54 Å². The summed E-state index contributed by atoms with van der Waals surface area (Å²) in [6, 6.07) is 19.5. The van der Waals surface area contributed by atoms with Crippen molar-refractivity contribution in [2.75, 3.05) is 14.2 Å². The molecule has 2 aromatic rings. The van der Waals surface area contributed by atoms with Crippen LogP contribution < -0.4 is 0 Å². The number of fused-ring (bicyclic) bond motifs is 3. The molecule has 38 heavy (non-hydrogen) atoms. The highest BCUT2D eigenvalue weighted by Gasteiger charge is 2.80. The molecule has 5 rings (SSSR count). The van der Waals surface area contributed by atoms with Gasteiger partial charge < -0.3 is 9.47 Å². The number of rotatable bonds is 4. The minimum absolute atomic E-state index is 0.0777. The van der Waals surface area contributed by atoms with Gasteiger partial charge >= 0.3 is 11.9 Å². The number of nitrogens with zero attached hydrogens (tertiary/aromatic N) is 4. The Morgan fingerprint density at radius 1 is 0.868 bits per heavy atom. The van der Waals surface area contributed by atoms with Crippen LogP contribution >= 0.6 is 0 Å². The lowest BCUT2D eigenvalue weighted by molar-refractivity contribution is -0.139. The second-order valence-electron chi connectivity index (χ2n) is 10.7. The van der Waals surface area contributed by atoms with Gasteiger partial charge in [0.2, 0.25) is 0 Å². The molecule has 0 amide bonds. The lowest BCUT2D eigenvalue weighted by Crippen LogP contribution is -2.56. The molecule has 192 valence electrons. The molecule has 2 heterocycles. The van der Waals surface area contributed by atoms with Crippen LogP contribution in [0.5, 0.6) is 0 Å². The van der Waals surface area contributed by atoms with Gasteiger partial charge in [-0.25, -0.2) is 14.6 Å². The van der Waals surface area contributed by atoms with Gasteiger partial charge in [-0.2, -0.15) is 15.6 Å². The summed E-state index contributed by atoms with van der Waals surface area (Å²) < 4.78 is 10.3. The third-order valence-electron chi connectivity index (χ3n) is 8.37. The van der Waals surface area contributed by atoms with Crippen LogP contribution in [0.15, 0.2) is 64.8 Å². The molecule has 0 aromatic heterocycles. The number of hydrogen-bond acceptors (Lipinski definition) is 8. The van der Waals surface area contributed by atoms with Crippen molar-refractivity contribution in [2.24, 2.45) is 22.4 Å². The first-order valence-corrected chi connectivity index (χ1v) is 12.3. The Balaban J connectivity index is 1.96. The number of benzene rings is 2. The predicted octanol–water partition coefficient (Wildman–Crippen LogP) is 3.93. The number of nitriles is 2. The highest BCUT2D eigenvalue weighted by atomic mass is 16.5. The average molecular weight is 509 g/mol. The van der Waals surface area contributed by atoms with Gasteiger partial charge in [-0.15, -0.1) is 0 Å². The monoisotopic (exact) mass is 508 g/mol. The van der Waals surface area contributed by atoms with Crippen molar-refractivity contribution < 1.29 is 19.1 Å². The van der Waals surface area contributed by atoms with Crippen molar-refractivity contribution in [3.63, 3.8) is 0 Å². The fraction of sp³-hybridized carbons (Fsp3) is 0.367. The maximum absolute atomic E-state index is 13.6. The molecule has 3 aliphatic rings. The van der Waals surface area contributed by atoms with Crippen molar-refractivity contribution >= 4 is 17.7 Å². The largest absolute Gasteiger partial charge is 0.466 e. The Kier molecular flexibility index (Phi) is 5.50. The number of methoxy groups -OCH3 is 2. The van der Waals surface area contributed by atoms with Crippen molar-refractivity contribution in [1.82, 2.24) is 5.01 Å². The normalized spacial score (nSPS) is 25.8. The second-order valence-corrected chi connectivity index (χ2v) is 10.7. The number of aryl methyl sites for hydroxylation is 2. The van der Waals surface area contributed by atoms with E-state index in [1.807, 2.05) is 74.5 Å². The molecule has 8 heteroatoms. The highest BCUT2D eigenvalue weighted by molar-refractivity contribution is 6.10. The Hall–Kier alpha value is -4.43. The first-order chi connectivity index (χ1) is 18.1. The summed E-state index contributed by atoms with van der Waals surface area (Å²) in [5.41, 5.74) is -0.229. The van der Waals surface area contributed by atoms with E-state index in [1.54, 1.807) is 0 Å². The summed E-state index contributed by atoms with van der Waals surface area (Å²) in [5.74, 6) is -2.20. The summed E-state index contributed by atoms with van der Waals surface area (Å²) in [5, 5.41) is 27.6. The molecule has 1 fully saturated rings. The van der Waals surface area contributed by atoms with E-state index in [9.17, 15) is 20.1 Å². The lowest BCUT2D eigenvalue weighted by atomic mass is 9.74. The molecule has 3 atom stereocenters. The summed E-state index contributed by atoms with van der Waals surface area (Å²) >= 11 is 0. The van der Waals surface area contributed by atoms with Gasteiger partial charge in [0.15, 0.2) is 0 Å². The minimum atomic E-state index is -2.24. The van der Waals surface area contributed by atoms with Gasteiger partial charge in [-0.1, -0.05) is 73.5 Å². The van der Waals surface area contributed by atoms with E-state index >= 15 is 0 Å². The van der Waals surface area contributed by atoms with E-state index in [0.717, 1.165) is 23.8 Å². The second kappa shape index (κ2) is 8.29. The number of esters is 2. The van der Waals surface area contributed by atoms with Crippen LogP contribution in [0, 0.1) is 53.8 Å². The van der Waals surface area contributed by atoms with E-state index in [2.05, 4.69) is 13.8 Å². The number of hydrogen-bond donors (Lipinski definition) is 0. The van der Waals surface area contributed by atoms with Gasteiger partial charge in [0.05, 0.1) is 25.5 Å².